The maximum Gasteiger partial charge on any atom is 0.270 e. The van der Waals surface area contributed by atoms with Crippen LogP contribution in [0.4, 0.5) is 5.69 Å². The van der Waals surface area contributed by atoms with Crippen LogP contribution in [-0.2, 0) is 9.59 Å². The first-order chi connectivity index (χ1) is 13.3. The summed E-state index contributed by atoms with van der Waals surface area (Å²) >= 11 is 18.7. The number of nitrogens with one attached hydrogen (secondary N) is 1. The van der Waals surface area contributed by atoms with Crippen LogP contribution >= 0.6 is 46.8 Å². The standard InChI is InChI=1S/C20H12Cl2N2O2S2/c1-10-14-8-12(22)4-7-16(14)28-17(10)9-15-18(25)23-20(27)24(19(15)26)13-5-2-11(21)3-6-13/h2-9H,1H3,(H,23,25,27)/b15-9+. The van der Waals surface area contributed by atoms with Crippen molar-refractivity contribution in [3.8, 4) is 0 Å². The van der Waals surface area contributed by atoms with Gasteiger partial charge in [-0.25, -0.2) is 0 Å². The molecule has 140 valence electrons. The molecule has 0 unspecified atom stereocenters. The van der Waals surface area contributed by atoms with E-state index >= 15 is 0 Å². The smallest absolute Gasteiger partial charge is 0.270 e. The van der Waals surface area contributed by atoms with Crippen LogP contribution in [0.15, 0.2) is 48.0 Å². The van der Waals surface area contributed by atoms with Gasteiger partial charge in [0.15, 0.2) is 5.11 Å². The summed E-state index contributed by atoms with van der Waals surface area (Å²) in [7, 11) is 0. The van der Waals surface area contributed by atoms with E-state index in [1.54, 1.807) is 30.3 Å². The van der Waals surface area contributed by atoms with Crippen LogP contribution in [0.25, 0.3) is 16.2 Å². The van der Waals surface area contributed by atoms with Crippen LogP contribution in [-0.4, -0.2) is 16.9 Å². The fraction of sp³-hybridized carbons (Fsp3) is 0.0500. The number of nitrogens with zero attached hydrogens (tertiary/aromatic N) is 1. The quantitative estimate of drug-likeness (QED) is 0.328. The maximum atomic E-state index is 13.1. The Bertz CT molecular complexity index is 1180. The number of benzene rings is 2. The minimum atomic E-state index is -0.518. The van der Waals surface area contributed by atoms with Crippen molar-refractivity contribution in [2.45, 2.75) is 6.92 Å². The lowest BCUT2D eigenvalue weighted by atomic mass is 10.1. The Hall–Kier alpha value is -2.25. The second-order valence-electron chi connectivity index (χ2n) is 6.17. The SMILES string of the molecule is Cc1c(/C=C2\C(=O)NC(=S)N(c3ccc(Cl)cc3)C2=O)sc2ccc(Cl)cc12. The van der Waals surface area contributed by atoms with Crippen molar-refractivity contribution in [3.05, 3.63) is 68.5 Å². The van der Waals surface area contributed by atoms with E-state index in [-0.39, 0.29) is 10.7 Å². The number of hydrogen-bond donors (Lipinski definition) is 1. The Balaban J connectivity index is 1.79. The number of carbonyl (C=O) groups excluding carboxylic acids is 2. The van der Waals surface area contributed by atoms with Gasteiger partial charge in [-0.2, -0.15) is 0 Å². The zero-order valence-electron chi connectivity index (χ0n) is 14.5. The van der Waals surface area contributed by atoms with Gasteiger partial charge in [0.05, 0.1) is 5.69 Å². The molecule has 2 heterocycles. The number of aryl methyl sites for hydroxylation is 1. The lowest BCUT2D eigenvalue weighted by Gasteiger charge is -2.28. The van der Waals surface area contributed by atoms with Crippen LogP contribution < -0.4 is 10.2 Å². The maximum absolute atomic E-state index is 13.1. The average molecular weight is 447 g/mol. The molecular weight excluding hydrogens is 435 g/mol. The van der Waals surface area contributed by atoms with E-state index < -0.39 is 11.8 Å². The third-order valence-corrected chi connectivity index (χ3v) is 6.39. The van der Waals surface area contributed by atoms with E-state index in [4.69, 9.17) is 35.4 Å². The number of hydrogen-bond acceptors (Lipinski definition) is 4. The van der Waals surface area contributed by atoms with E-state index in [1.165, 1.54) is 16.2 Å². The number of carbonyl (C=O) groups is 2. The van der Waals surface area contributed by atoms with Gasteiger partial charge in [0.25, 0.3) is 11.8 Å². The second-order valence-corrected chi connectivity index (χ2v) is 8.51. The molecule has 1 N–H and O–H groups in total. The molecule has 1 aliphatic heterocycles. The number of rotatable bonds is 2. The molecule has 0 aliphatic carbocycles. The van der Waals surface area contributed by atoms with E-state index in [0.717, 1.165) is 20.5 Å². The fourth-order valence-corrected chi connectivity index (χ4v) is 4.68. The van der Waals surface area contributed by atoms with Gasteiger partial charge in [0, 0.05) is 19.6 Å². The number of anilines is 1. The summed E-state index contributed by atoms with van der Waals surface area (Å²) in [5, 5.41) is 4.80. The molecule has 28 heavy (non-hydrogen) atoms. The zero-order chi connectivity index (χ0) is 20.0. The van der Waals surface area contributed by atoms with Gasteiger partial charge < -0.3 is 0 Å². The van der Waals surface area contributed by atoms with E-state index in [9.17, 15) is 9.59 Å². The van der Waals surface area contributed by atoms with Gasteiger partial charge in [0.1, 0.15) is 5.57 Å². The van der Waals surface area contributed by atoms with Crippen LogP contribution in [0, 0.1) is 6.92 Å². The van der Waals surface area contributed by atoms with Crippen LogP contribution in [0.5, 0.6) is 0 Å². The third-order valence-electron chi connectivity index (χ3n) is 4.40. The molecular formula is C20H12Cl2N2O2S2. The van der Waals surface area contributed by atoms with Gasteiger partial charge in [-0.15, -0.1) is 11.3 Å². The number of thiocarbonyl (C=S) groups is 1. The Morgan fingerprint density at radius 3 is 2.46 bits per heavy atom. The van der Waals surface area contributed by atoms with Crippen molar-refractivity contribution in [1.82, 2.24) is 5.32 Å². The van der Waals surface area contributed by atoms with Crippen molar-refractivity contribution >= 4 is 85.5 Å². The molecule has 3 aromatic rings. The van der Waals surface area contributed by atoms with Gasteiger partial charge in [-0.3, -0.25) is 19.8 Å². The molecule has 4 nitrogen and oxygen atoms in total. The Kier molecular flexibility index (Phi) is 4.97. The fourth-order valence-electron chi connectivity index (χ4n) is 2.96. The molecule has 1 saturated heterocycles. The molecule has 0 radical (unpaired) electrons. The highest BCUT2D eigenvalue weighted by molar-refractivity contribution is 7.80. The first kappa shape index (κ1) is 19.1. The highest BCUT2D eigenvalue weighted by Crippen LogP contribution is 2.34. The first-order valence-electron chi connectivity index (χ1n) is 8.21. The number of fused-ring (bicyclic) bond motifs is 1. The Morgan fingerprint density at radius 2 is 1.75 bits per heavy atom. The van der Waals surface area contributed by atoms with Gasteiger partial charge in [-0.05, 0) is 78.6 Å². The topological polar surface area (TPSA) is 49.4 Å². The predicted octanol–water partition coefficient (Wildman–Crippen LogP) is 5.35. The van der Waals surface area contributed by atoms with Crippen molar-refractivity contribution in [2.24, 2.45) is 0 Å². The van der Waals surface area contributed by atoms with E-state index in [0.29, 0.717) is 15.7 Å². The Labute approximate surface area is 180 Å². The zero-order valence-corrected chi connectivity index (χ0v) is 17.6. The normalized spacial score (nSPS) is 16.2. The number of amides is 2. The lowest BCUT2D eigenvalue weighted by Crippen LogP contribution is -2.54. The number of thiophene rings is 1. The largest absolute Gasteiger partial charge is 0.298 e. The molecule has 8 heteroatoms. The summed E-state index contributed by atoms with van der Waals surface area (Å²) in [4.78, 5) is 27.7. The summed E-state index contributed by atoms with van der Waals surface area (Å²) in [5.74, 6) is -0.999. The highest BCUT2D eigenvalue weighted by atomic mass is 35.5. The summed E-state index contributed by atoms with van der Waals surface area (Å²) < 4.78 is 1.03. The van der Waals surface area contributed by atoms with E-state index in [2.05, 4.69) is 5.32 Å². The Morgan fingerprint density at radius 1 is 1.07 bits per heavy atom. The second kappa shape index (κ2) is 7.29. The van der Waals surface area contributed by atoms with E-state index in [1.807, 2.05) is 25.1 Å². The predicted molar refractivity (Wildman–Crippen MR) is 119 cm³/mol. The molecule has 1 fully saturated rings. The van der Waals surface area contributed by atoms with Crippen LogP contribution in [0.3, 0.4) is 0 Å². The monoisotopic (exact) mass is 446 g/mol. The molecule has 2 aromatic carbocycles. The van der Waals surface area contributed by atoms with Crippen molar-refractivity contribution in [2.75, 3.05) is 4.90 Å². The molecule has 0 bridgehead atoms. The summed E-state index contributed by atoms with van der Waals surface area (Å²) in [6, 6.07) is 12.3. The highest BCUT2D eigenvalue weighted by Gasteiger charge is 2.34. The minimum Gasteiger partial charge on any atom is -0.298 e. The lowest BCUT2D eigenvalue weighted by molar-refractivity contribution is -0.122. The van der Waals surface area contributed by atoms with Crippen LogP contribution in [0.2, 0.25) is 10.0 Å². The molecule has 0 atom stereocenters. The molecule has 0 spiro atoms. The van der Waals surface area contributed by atoms with Gasteiger partial charge >= 0.3 is 0 Å². The molecule has 2 amide bonds. The molecule has 0 saturated carbocycles. The summed E-state index contributed by atoms with van der Waals surface area (Å²) in [6.45, 7) is 1.94. The van der Waals surface area contributed by atoms with Gasteiger partial charge in [0.2, 0.25) is 0 Å². The first-order valence-corrected chi connectivity index (χ1v) is 10.2. The van der Waals surface area contributed by atoms with Crippen molar-refractivity contribution in [3.63, 3.8) is 0 Å². The van der Waals surface area contributed by atoms with Crippen LogP contribution in [0.1, 0.15) is 10.4 Å². The summed E-state index contributed by atoms with van der Waals surface area (Å²) in [5.41, 5.74) is 1.51. The third kappa shape index (κ3) is 3.33. The van der Waals surface area contributed by atoms with Gasteiger partial charge in [-0.1, -0.05) is 23.2 Å². The summed E-state index contributed by atoms with van der Waals surface area (Å²) in [6.07, 6.45) is 1.61. The van der Waals surface area contributed by atoms with Crippen molar-refractivity contribution < 1.29 is 9.59 Å². The van der Waals surface area contributed by atoms with Crippen molar-refractivity contribution in [1.29, 1.82) is 0 Å². The number of halogens is 2. The molecule has 1 aromatic heterocycles. The molecule has 4 rings (SSSR count). The molecule has 1 aliphatic rings. The average Bonchev–Trinajstić information content (AvgIpc) is 2.95. The minimum absolute atomic E-state index is 0.0179.